The Labute approximate surface area is 119 Å². The summed E-state index contributed by atoms with van der Waals surface area (Å²) in [5, 5.41) is 9.89. The Bertz CT molecular complexity index is 476. The van der Waals surface area contributed by atoms with Crippen molar-refractivity contribution in [3.8, 4) is 5.88 Å². The second kappa shape index (κ2) is 6.22. The van der Waals surface area contributed by atoms with E-state index in [0.29, 0.717) is 24.5 Å². The molecule has 1 amide bonds. The fraction of sp³-hybridized carbons (Fsp3) is 0.600. The molecule has 5 nitrogen and oxygen atoms in total. The van der Waals surface area contributed by atoms with Crippen LogP contribution in [-0.4, -0.2) is 46.2 Å². The predicted octanol–water partition coefficient (Wildman–Crippen LogP) is 1.71. The van der Waals surface area contributed by atoms with Crippen molar-refractivity contribution in [2.24, 2.45) is 5.92 Å². The Kier molecular flexibility index (Phi) is 4.60. The lowest BCUT2D eigenvalue weighted by Crippen LogP contribution is -2.45. The number of ether oxygens (including phenoxy) is 1. The van der Waals surface area contributed by atoms with E-state index in [2.05, 4.69) is 4.98 Å². The van der Waals surface area contributed by atoms with Crippen LogP contribution in [0.25, 0.3) is 0 Å². The van der Waals surface area contributed by atoms with Gasteiger partial charge >= 0.3 is 0 Å². The monoisotopic (exact) mass is 278 g/mol. The second-order valence-electron chi connectivity index (χ2n) is 5.63. The van der Waals surface area contributed by atoms with Crippen LogP contribution in [-0.2, 0) is 0 Å². The SMILES string of the molecule is CC(C)Oc1cc(C(=O)N2CCC(C)C(O)C2)ccn1. The van der Waals surface area contributed by atoms with E-state index in [-0.39, 0.29) is 17.9 Å². The molecule has 2 heterocycles. The third kappa shape index (κ3) is 3.48. The predicted molar refractivity (Wildman–Crippen MR) is 75.7 cm³/mol. The molecule has 20 heavy (non-hydrogen) atoms. The minimum Gasteiger partial charge on any atom is -0.475 e. The highest BCUT2D eigenvalue weighted by atomic mass is 16.5. The summed E-state index contributed by atoms with van der Waals surface area (Å²) in [5.74, 6) is 0.625. The number of nitrogens with zero attached hydrogens (tertiary/aromatic N) is 2. The van der Waals surface area contributed by atoms with Crippen molar-refractivity contribution in [2.75, 3.05) is 13.1 Å². The van der Waals surface area contributed by atoms with E-state index >= 15 is 0 Å². The lowest BCUT2D eigenvalue weighted by Gasteiger charge is -2.34. The number of rotatable bonds is 3. The molecule has 1 saturated heterocycles. The first-order valence-electron chi connectivity index (χ1n) is 7.07. The van der Waals surface area contributed by atoms with Gasteiger partial charge in [-0.3, -0.25) is 4.79 Å². The van der Waals surface area contributed by atoms with Gasteiger partial charge in [-0.2, -0.15) is 0 Å². The van der Waals surface area contributed by atoms with Gasteiger partial charge in [-0.1, -0.05) is 6.92 Å². The number of aromatic nitrogens is 1. The van der Waals surface area contributed by atoms with Crippen LogP contribution < -0.4 is 4.74 Å². The van der Waals surface area contributed by atoms with Gasteiger partial charge in [-0.25, -0.2) is 4.98 Å². The van der Waals surface area contributed by atoms with E-state index < -0.39 is 6.10 Å². The van der Waals surface area contributed by atoms with Crippen LogP contribution in [0.15, 0.2) is 18.3 Å². The van der Waals surface area contributed by atoms with E-state index in [0.717, 1.165) is 6.42 Å². The fourth-order valence-corrected chi connectivity index (χ4v) is 2.26. The Morgan fingerprint density at radius 2 is 2.30 bits per heavy atom. The molecule has 0 aromatic carbocycles. The molecule has 1 aliphatic rings. The zero-order valence-electron chi connectivity index (χ0n) is 12.2. The molecule has 1 fully saturated rings. The Morgan fingerprint density at radius 1 is 1.55 bits per heavy atom. The summed E-state index contributed by atoms with van der Waals surface area (Å²) in [6.07, 6.45) is 1.98. The number of aliphatic hydroxyl groups is 1. The summed E-state index contributed by atoms with van der Waals surface area (Å²) in [5.41, 5.74) is 0.553. The van der Waals surface area contributed by atoms with Crippen LogP contribution in [0, 0.1) is 5.92 Å². The summed E-state index contributed by atoms with van der Waals surface area (Å²) < 4.78 is 5.50. The molecule has 1 aromatic heterocycles. The number of carbonyl (C=O) groups is 1. The largest absolute Gasteiger partial charge is 0.475 e. The lowest BCUT2D eigenvalue weighted by atomic mass is 9.95. The summed E-state index contributed by atoms with van der Waals surface area (Å²) in [7, 11) is 0. The van der Waals surface area contributed by atoms with Crippen LogP contribution in [0.1, 0.15) is 37.6 Å². The minimum atomic E-state index is -0.444. The highest BCUT2D eigenvalue weighted by Gasteiger charge is 2.28. The Morgan fingerprint density at radius 3 is 2.95 bits per heavy atom. The molecular weight excluding hydrogens is 256 g/mol. The summed E-state index contributed by atoms with van der Waals surface area (Å²) in [6.45, 7) is 6.91. The average Bonchev–Trinajstić information content (AvgIpc) is 2.40. The molecule has 1 N–H and O–H groups in total. The van der Waals surface area contributed by atoms with Gasteiger partial charge in [0.25, 0.3) is 5.91 Å². The topological polar surface area (TPSA) is 62.7 Å². The molecule has 2 atom stereocenters. The molecule has 0 saturated carbocycles. The molecule has 0 radical (unpaired) electrons. The van der Waals surface area contributed by atoms with Crippen molar-refractivity contribution >= 4 is 5.91 Å². The zero-order chi connectivity index (χ0) is 14.7. The molecule has 110 valence electrons. The number of hydrogen-bond acceptors (Lipinski definition) is 4. The number of piperidine rings is 1. The quantitative estimate of drug-likeness (QED) is 0.914. The molecule has 2 rings (SSSR count). The number of hydrogen-bond donors (Lipinski definition) is 1. The van der Waals surface area contributed by atoms with Crippen LogP contribution in [0.4, 0.5) is 0 Å². The normalized spacial score (nSPS) is 22.9. The first-order chi connectivity index (χ1) is 9.47. The molecular formula is C15H22N2O3. The van der Waals surface area contributed by atoms with Crippen LogP contribution in [0.3, 0.4) is 0 Å². The Balaban J connectivity index is 2.09. The standard InChI is InChI=1S/C15H22N2O3/c1-10(2)20-14-8-12(4-6-16-14)15(19)17-7-5-11(3)13(18)9-17/h4,6,8,10-11,13,18H,5,7,9H2,1-3H3. The number of pyridine rings is 1. The average molecular weight is 278 g/mol. The first kappa shape index (κ1) is 14.8. The first-order valence-corrected chi connectivity index (χ1v) is 7.07. The van der Waals surface area contributed by atoms with Gasteiger partial charge in [-0.05, 0) is 32.3 Å². The van der Waals surface area contributed by atoms with E-state index in [1.54, 1.807) is 23.2 Å². The van der Waals surface area contributed by atoms with Crippen molar-refractivity contribution < 1.29 is 14.6 Å². The number of amides is 1. The van der Waals surface area contributed by atoms with Gasteiger partial charge in [0.05, 0.1) is 12.2 Å². The molecule has 1 aliphatic heterocycles. The maximum Gasteiger partial charge on any atom is 0.254 e. The van der Waals surface area contributed by atoms with Gasteiger partial charge in [0.1, 0.15) is 0 Å². The van der Waals surface area contributed by atoms with Gasteiger partial charge in [0.2, 0.25) is 5.88 Å². The van der Waals surface area contributed by atoms with Crippen molar-refractivity contribution in [1.29, 1.82) is 0 Å². The third-order valence-electron chi connectivity index (χ3n) is 3.54. The maximum atomic E-state index is 12.4. The van der Waals surface area contributed by atoms with E-state index in [1.165, 1.54) is 0 Å². The minimum absolute atomic E-state index is 0.0190. The number of likely N-dealkylation sites (tertiary alicyclic amines) is 1. The highest BCUT2D eigenvalue weighted by molar-refractivity contribution is 5.94. The summed E-state index contributed by atoms with van der Waals surface area (Å²) in [6, 6.07) is 3.34. The van der Waals surface area contributed by atoms with Crippen molar-refractivity contribution in [3.05, 3.63) is 23.9 Å². The third-order valence-corrected chi connectivity index (χ3v) is 3.54. The van der Waals surface area contributed by atoms with Gasteiger partial charge in [-0.15, -0.1) is 0 Å². The molecule has 1 aromatic rings. The number of aliphatic hydroxyl groups excluding tert-OH is 1. The van der Waals surface area contributed by atoms with Crippen molar-refractivity contribution in [3.63, 3.8) is 0 Å². The summed E-state index contributed by atoms with van der Waals surface area (Å²) in [4.78, 5) is 18.2. The van der Waals surface area contributed by atoms with E-state index in [9.17, 15) is 9.90 Å². The zero-order valence-corrected chi connectivity index (χ0v) is 12.2. The smallest absolute Gasteiger partial charge is 0.254 e. The molecule has 5 heteroatoms. The maximum absolute atomic E-state index is 12.4. The number of carbonyl (C=O) groups excluding carboxylic acids is 1. The lowest BCUT2D eigenvalue weighted by molar-refractivity contribution is 0.0248. The highest BCUT2D eigenvalue weighted by Crippen LogP contribution is 2.20. The van der Waals surface area contributed by atoms with Crippen LogP contribution in [0.2, 0.25) is 0 Å². The molecule has 0 spiro atoms. The second-order valence-corrected chi connectivity index (χ2v) is 5.63. The summed E-state index contributed by atoms with van der Waals surface area (Å²) >= 11 is 0. The molecule has 0 aliphatic carbocycles. The fourth-order valence-electron chi connectivity index (χ4n) is 2.26. The van der Waals surface area contributed by atoms with E-state index in [1.807, 2.05) is 20.8 Å². The van der Waals surface area contributed by atoms with Crippen molar-refractivity contribution in [2.45, 2.75) is 39.4 Å². The van der Waals surface area contributed by atoms with Gasteiger partial charge in [0, 0.05) is 30.9 Å². The van der Waals surface area contributed by atoms with Gasteiger partial charge < -0.3 is 14.7 Å². The van der Waals surface area contributed by atoms with Gasteiger partial charge in [0.15, 0.2) is 0 Å². The molecule has 0 bridgehead atoms. The van der Waals surface area contributed by atoms with Crippen LogP contribution >= 0.6 is 0 Å². The Hall–Kier alpha value is -1.62. The van der Waals surface area contributed by atoms with Crippen molar-refractivity contribution in [1.82, 2.24) is 9.88 Å². The van der Waals surface area contributed by atoms with E-state index in [4.69, 9.17) is 4.74 Å². The number of β-amino-alcohol motifs (C(OH)–C–C–N with tert-alkyl or cyclic N) is 1. The molecule has 2 unspecified atom stereocenters. The van der Waals surface area contributed by atoms with Crippen LogP contribution in [0.5, 0.6) is 5.88 Å².